The highest BCUT2D eigenvalue weighted by Gasteiger charge is 2.30. The van der Waals surface area contributed by atoms with Gasteiger partial charge in [0.2, 0.25) is 0 Å². The second kappa shape index (κ2) is 2.01. The molecule has 8 heavy (non-hydrogen) atoms. The molecule has 0 radical (unpaired) electrons. The van der Waals surface area contributed by atoms with Crippen molar-refractivity contribution in [1.29, 1.82) is 0 Å². The fourth-order valence-electron chi connectivity index (χ4n) is 0.760. The molecule has 1 saturated heterocycles. The largest absolute Gasteiger partial charge is 0.388 e. The van der Waals surface area contributed by atoms with Crippen LogP contribution >= 0.6 is 0 Å². The number of aliphatic hydroxyl groups is 2. The molecule has 0 aromatic rings. The van der Waals surface area contributed by atoms with E-state index in [9.17, 15) is 0 Å². The van der Waals surface area contributed by atoms with E-state index >= 15 is 0 Å². The van der Waals surface area contributed by atoms with Gasteiger partial charge in [-0.2, -0.15) is 0 Å². The molecule has 0 amide bonds. The Morgan fingerprint density at radius 3 is 2.25 bits per heavy atom. The van der Waals surface area contributed by atoms with Crippen molar-refractivity contribution >= 4 is 0 Å². The zero-order valence-electron chi connectivity index (χ0n) is 4.74. The Balaban J connectivity index is 2.44. The lowest BCUT2D eigenvalue weighted by Crippen LogP contribution is -2.27. The zero-order chi connectivity index (χ0) is 6.15. The van der Waals surface area contributed by atoms with Gasteiger partial charge < -0.3 is 14.9 Å². The topological polar surface area (TPSA) is 49.7 Å². The molecule has 0 aromatic carbocycles. The maximum atomic E-state index is 8.89. The van der Waals surface area contributed by atoms with Crippen molar-refractivity contribution < 1.29 is 14.9 Å². The highest BCUT2D eigenvalue weighted by atomic mass is 16.5. The summed E-state index contributed by atoms with van der Waals surface area (Å²) in [5.41, 5.74) is 0. The molecule has 2 N–H and O–H groups in total. The van der Waals surface area contributed by atoms with Crippen LogP contribution in [-0.2, 0) is 4.74 Å². The van der Waals surface area contributed by atoms with E-state index in [1.54, 1.807) is 6.92 Å². The Bertz CT molecular complexity index is 73.7. The normalized spacial score (nSPS) is 47.6. The average molecular weight is 118 g/mol. The second-order valence-corrected chi connectivity index (χ2v) is 2.10. The van der Waals surface area contributed by atoms with Crippen LogP contribution in [0.15, 0.2) is 0 Å². The molecule has 1 fully saturated rings. The van der Waals surface area contributed by atoms with Gasteiger partial charge in [0.15, 0.2) is 0 Å². The van der Waals surface area contributed by atoms with Crippen LogP contribution in [-0.4, -0.2) is 35.1 Å². The number of hydrogen-bond donors (Lipinski definition) is 2. The SMILES string of the molecule is C[C@@H]1OC[C@@H](O)[C@@H]1O. The van der Waals surface area contributed by atoms with Crippen molar-refractivity contribution in [3.63, 3.8) is 0 Å². The molecule has 48 valence electrons. The smallest absolute Gasteiger partial charge is 0.108 e. The molecule has 0 bridgehead atoms. The molecule has 1 aliphatic rings. The third-order valence-corrected chi connectivity index (χ3v) is 1.41. The maximum absolute atomic E-state index is 8.89. The lowest BCUT2D eigenvalue weighted by molar-refractivity contribution is 0.0318. The number of hydrogen-bond acceptors (Lipinski definition) is 3. The standard InChI is InChI=1S/C5H10O3/c1-3-5(7)4(6)2-8-3/h3-7H,2H2,1H3/t3-,4+,5+/m0/s1. The summed E-state index contributed by atoms with van der Waals surface area (Å²) in [5.74, 6) is 0. The summed E-state index contributed by atoms with van der Waals surface area (Å²) in [6, 6.07) is 0. The van der Waals surface area contributed by atoms with Gasteiger partial charge in [-0.15, -0.1) is 0 Å². The van der Waals surface area contributed by atoms with E-state index < -0.39 is 12.2 Å². The molecule has 0 aliphatic carbocycles. The van der Waals surface area contributed by atoms with Crippen LogP contribution in [0.1, 0.15) is 6.92 Å². The minimum absolute atomic E-state index is 0.204. The Hall–Kier alpha value is -0.120. The fraction of sp³-hybridized carbons (Fsp3) is 1.00. The van der Waals surface area contributed by atoms with Gasteiger partial charge in [-0.05, 0) is 6.92 Å². The van der Waals surface area contributed by atoms with E-state index in [0.717, 1.165) is 0 Å². The first-order chi connectivity index (χ1) is 3.72. The van der Waals surface area contributed by atoms with Gasteiger partial charge in [-0.3, -0.25) is 0 Å². The van der Waals surface area contributed by atoms with Crippen LogP contribution in [0, 0.1) is 0 Å². The first-order valence-electron chi connectivity index (χ1n) is 2.69. The maximum Gasteiger partial charge on any atom is 0.108 e. The molecule has 0 unspecified atom stereocenters. The summed E-state index contributed by atoms with van der Waals surface area (Å²) in [6.07, 6.45) is -1.56. The minimum Gasteiger partial charge on any atom is -0.388 e. The first-order valence-corrected chi connectivity index (χ1v) is 2.69. The van der Waals surface area contributed by atoms with Crippen molar-refractivity contribution in [2.75, 3.05) is 6.61 Å². The molecule has 0 aromatic heterocycles. The molecule has 1 heterocycles. The first kappa shape index (κ1) is 6.01. The van der Waals surface area contributed by atoms with Crippen LogP contribution < -0.4 is 0 Å². The Morgan fingerprint density at radius 1 is 1.50 bits per heavy atom. The number of aliphatic hydroxyl groups excluding tert-OH is 2. The molecule has 3 atom stereocenters. The molecule has 0 saturated carbocycles. The summed E-state index contributed by atoms with van der Waals surface area (Å²) < 4.78 is 4.88. The third-order valence-electron chi connectivity index (χ3n) is 1.41. The minimum atomic E-state index is -0.685. The van der Waals surface area contributed by atoms with E-state index in [0.29, 0.717) is 0 Å². The zero-order valence-corrected chi connectivity index (χ0v) is 4.74. The van der Waals surface area contributed by atoms with Crippen molar-refractivity contribution in [3.8, 4) is 0 Å². The van der Waals surface area contributed by atoms with Gasteiger partial charge in [0.05, 0.1) is 12.7 Å². The van der Waals surface area contributed by atoms with Crippen molar-refractivity contribution in [2.24, 2.45) is 0 Å². The Labute approximate surface area is 47.9 Å². The lowest BCUT2D eigenvalue weighted by atomic mass is 10.2. The van der Waals surface area contributed by atoms with Crippen molar-refractivity contribution in [1.82, 2.24) is 0 Å². The second-order valence-electron chi connectivity index (χ2n) is 2.10. The van der Waals surface area contributed by atoms with E-state index in [2.05, 4.69) is 0 Å². The molecule has 1 rings (SSSR count). The highest BCUT2D eigenvalue weighted by molar-refractivity contribution is 4.79. The van der Waals surface area contributed by atoms with E-state index in [1.165, 1.54) is 0 Å². The van der Waals surface area contributed by atoms with Gasteiger partial charge in [-0.1, -0.05) is 0 Å². The van der Waals surface area contributed by atoms with Crippen molar-refractivity contribution in [3.05, 3.63) is 0 Å². The van der Waals surface area contributed by atoms with Crippen LogP contribution in [0.5, 0.6) is 0 Å². The van der Waals surface area contributed by atoms with Crippen LogP contribution in [0.3, 0.4) is 0 Å². The molecular weight excluding hydrogens is 108 g/mol. The van der Waals surface area contributed by atoms with Crippen molar-refractivity contribution in [2.45, 2.75) is 25.2 Å². The van der Waals surface area contributed by atoms with Gasteiger partial charge >= 0.3 is 0 Å². The van der Waals surface area contributed by atoms with Crippen LogP contribution in [0.2, 0.25) is 0 Å². The predicted molar refractivity (Wildman–Crippen MR) is 27.4 cm³/mol. The molecular formula is C5H10O3. The fourth-order valence-corrected chi connectivity index (χ4v) is 0.760. The Morgan fingerprint density at radius 2 is 2.12 bits per heavy atom. The highest BCUT2D eigenvalue weighted by Crippen LogP contribution is 2.12. The lowest BCUT2D eigenvalue weighted by Gasteiger charge is -2.07. The van der Waals surface area contributed by atoms with E-state index in [-0.39, 0.29) is 12.7 Å². The summed E-state index contributed by atoms with van der Waals surface area (Å²) in [7, 11) is 0. The monoisotopic (exact) mass is 118 g/mol. The van der Waals surface area contributed by atoms with Crippen LogP contribution in [0.4, 0.5) is 0 Å². The quantitative estimate of drug-likeness (QED) is 0.434. The molecule has 3 heteroatoms. The third kappa shape index (κ3) is 0.844. The van der Waals surface area contributed by atoms with E-state index in [1.807, 2.05) is 0 Å². The van der Waals surface area contributed by atoms with Gasteiger partial charge in [0.1, 0.15) is 12.2 Å². The van der Waals surface area contributed by atoms with Crippen LogP contribution in [0.25, 0.3) is 0 Å². The molecule has 0 spiro atoms. The average Bonchev–Trinajstić information content (AvgIpc) is 1.98. The van der Waals surface area contributed by atoms with Gasteiger partial charge in [0.25, 0.3) is 0 Å². The molecule has 3 nitrogen and oxygen atoms in total. The van der Waals surface area contributed by atoms with Gasteiger partial charge in [0, 0.05) is 0 Å². The Kier molecular flexibility index (Phi) is 1.51. The van der Waals surface area contributed by atoms with E-state index in [4.69, 9.17) is 14.9 Å². The summed E-state index contributed by atoms with van der Waals surface area (Å²) >= 11 is 0. The number of rotatable bonds is 0. The summed E-state index contributed by atoms with van der Waals surface area (Å²) in [6.45, 7) is 2.00. The summed E-state index contributed by atoms with van der Waals surface area (Å²) in [5, 5.41) is 17.7. The molecule has 1 aliphatic heterocycles. The van der Waals surface area contributed by atoms with Gasteiger partial charge in [-0.25, -0.2) is 0 Å². The predicted octanol–water partition coefficient (Wildman–Crippen LogP) is -0.873. The summed E-state index contributed by atoms with van der Waals surface area (Å²) in [4.78, 5) is 0. The number of ether oxygens (including phenoxy) is 1.